The van der Waals surface area contributed by atoms with Crippen LogP contribution in [0.3, 0.4) is 0 Å². The van der Waals surface area contributed by atoms with E-state index >= 15 is 0 Å². The van der Waals surface area contributed by atoms with Gasteiger partial charge in [-0.3, -0.25) is 4.79 Å². The van der Waals surface area contributed by atoms with E-state index in [-0.39, 0.29) is 0 Å². The van der Waals surface area contributed by atoms with E-state index < -0.39 is 48.4 Å². The number of carbonyl (C=O) groups excluding carboxylic acids is 2. The van der Waals surface area contributed by atoms with Crippen LogP contribution in [0.2, 0.25) is 0 Å². The van der Waals surface area contributed by atoms with Crippen LogP contribution in [0.5, 0.6) is 0 Å². The summed E-state index contributed by atoms with van der Waals surface area (Å²) in [6.45, 7) is -2.07. The summed E-state index contributed by atoms with van der Waals surface area (Å²) in [5.41, 5.74) is -3.92. The van der Waals surface area contributed by atoms with Gasteiger partial charge in [-0.05, 0) is 0 Å². The zero-order valence-electron chi connectivity index (χ0n) is 12.0. The summed E-state index contributed by atoms with van der Waals surface area (Å²) < 4.78 is 49.2. The first-order chi connectivity index (χ1) is 10.7. The Labute approximate surface area is 129 Å². The molecule has 0 spiro atoms. The maximum atomic E-state index is 13.5. The first kappa shape index (κ1) is 19.1. The topological polar surface area (TPSA) is 93.1 Å². The number of halogens is 3. The number of esters is 1. The normalized spacial score (nSPS) is 15.6. The van der Waals surface area contributed by atoms with Crippen LogP contribution in [0.15, 0.2) is 30.3 Å². The number of hydrogen-bond donors (Lipinski definition) is 2. The third-order valence-corrected chi connectivity index (χ3v) is 3.06. The molecule has 9 heteroatoms. The number of ketones is 1. The SMILES string of the molecule is CO[C@](C(=O)OCC(=O)[C@@H](O)CO)(c1ccccc1)C(F)(F)F. The van der Waals surface area contributed by atoms with Gasteiger partial charge in [-0.25, -0.2) is 4.79 Å². The number of benzene rings is 1. The molecule has 0 saturated carbocycles. The summed E-state index contributed by atoms with van der Waals surface area (Å²) in [6.07, 6.45) is -7.00. The van der Waals surface area contributed by atoms with E-state index in [1.807, 2.05) is 0 Å². The monoisotopic (exact) mass is 336 g/mol. The fourth-order valence-corrected chi connectivity index (χ4v) is 1.82. The van der Waals surface area contributed by atoms with E-state index in [4.69, 9.17) is 10.2 Å². The maximum absolute atomic E-state index is 13.5. The van der Waals surface area contributed by atoms with Crippen LogP contribution in [0.4, 0.5) is 13.2 Å². The molecule has 0 heterocycles. The van der Waals surface area contributed by atoms with Crippen LogP contribution in [0.1, 0.15) is 5.56 Å². The number of rotatable bonds is 7. The predicted molar refractivity (Wildman–Crippen MR) is 70.2 cm³/mol. The zero-order chi connectivity index (χ0) is 17.7. The smallest absolute Gasteiger partial charge is 0.432 e. The average molecular weight is 336 g/mol. The van der Waals surface area contributed by atoms with Gasteiger partial charge in [0.05, 0.1) is 6.61 Å². The highest BCUT2D eigenvalue weighted by atomic mass is 19.4. The van der Waals surface area contributed by atoms with Gasteiger partial charge in [-0.2, -0.15) is 13.2 Å². The Morgan fingerprint density at radius 3 is 2.22 bits per heavy atom. The Morgan fingerprint density at radius 2 is 1.78 bits per heavy atom. The fourth-order valence-electron chi connectivity index (χ4n) is 1.82. The number of methoxy groups -OCH3 is 1. The summed E-state index contributed by atoms with van der Waals surface area (Å²) in [4.78, 5) is 23.3. The lowest BCUT2D eigenvalue weighted by atomic mass is 9.93. The van der Waals surface area contributed by atoms with Gasteiger partial charge in [0.2, 0.25) is 5.78 Å². The van der Waals surface area contributed by atoms with Crippen molar-refractivity contribution in [3.63, 3.8) is 0 Å². The van der Waals surface area contributed by atoms with Crippen LogP contribution in [0.25, 0.3) is 0 Å². The third kappa shape index (κ3) is 3.87. The minimum absolute atomic E-state index is 0.518. The summed E-state index contributed by atoms with van der Waals surface area (Å²) >= 11 is 0. The summed E-state index contributed by atoms with van der Waals surface area (Å²) in [7, 11) is 0.687. The molecule has 0 saturated heterocycles. The summed E-state index contributed by atoms with van der Waals surface area (Å²) in [6, 6.07) is 6.07. The molecule has 2 atom stereocenters. The first-order valence-corrected chi connectivity index (χ1v) is 6.37. The van der Waals surface area contributed by atoms with Gasteiger partial charge in [-0.1, -0.05) is 30.3 Å². The lowest BCUT2D eigenvalue weighted by Crippen LogP contribution is -2.52. The standard InChI is InChI=1S/C14H15F3O6/c1-22-13(14(15,16)17,9-5-3-2-4-6-9)12(21)23-8-11(20)10(19)7-18/h2-6,10,18-19H,7-8H2,1H3/t10-,13-/m0/s1. The Morgan fingerprint density at radius 1 is 1.22 bits per heavy atom. The molecule has 0 bridgehead atoms. The van der Waals surface area contributed by atoms with Gasteiger partial charge >= 0.3 is 12.1 Å². The number of aliphatic hydroxyl groups is 2. The van der Waals surface area contributed by atoms with Gasteiger partial charge < -0.3 is 19.7 Å². The lowest BCUT2D eigenvalue weighted by Gasteiger charge is -2.32. The molecule has 128 valence electrons. The van der Waals surface area contributed by atoms with E-state index in [9.17, 15) is 22.8 Å². The van der Waals surface area contributed by atoms with Crippen LogP contribution in [0, 0.1) is 0 Å². The number of alkyl halides is 3. The van der Waals surface area contributed by atoms with E-state index in [0.717, 1.165) is 12.1 Å². The molecular weight excluding hydrogens is 321 g/mol. The van der Waals surface area contributed by atoms with Gasteiger partial charge in [0.1, 0.15) is 6.10 Å². The van der Waals surface area contributed by atoms with Crippen molar-refractivity contribution in [3.8, 4) is 0 Å². The minimum atomic E-state index is -5.15. The third-order valence-electron chi connectivity index (χ3n) is 3.06. The molecule has 0 aliphatic heterocycles. The second-order valence-electron chi connectivity index (χ2n) is 4.49. The zero-order valence-corrected chi connectivity index (χ0v) is 12.0. The Balaban J connectivity index is 3.11. The molecule has 0 aliphatic rings. The number of hydrogen-bond acceptors (Lipinski definition) is 6. The molecular formula is C14H15F3O6. The molecule has 6 nitrogen and oxygen atoms in total. The predicted octanol–water partition coefficient (Wildman–Crippen LogP) is 0.556. The Kier molecular flexibility index (Phi) is 6.25. The average Bonchev–Trinajstić information content (AvgIpc) is 2.52. The van der Waals surface area contributed by atoms with E-state index in [2.05, 4.69) is 9.47 Å². The van der Waals surface area contributed by atoms with E-state index in [1.165, 1.54) is 18.2 Å². The molecule has 2 N–H and O–H groups in total. The molecule has 23 heavy (non-hydrogen) atoms. The van der Waals surface area contributed by atoms with Crippen molar-refractivity contribution in [1.29, 1.82) is 0 Å². The lowest BCUT2D eigenvalue weighted by molar-refractivity contribution is -0.276. The van der Waals surface area contributed by atoms with Gasteiger partial charge in [0.15, 0.2) is 6.61 Å². The van der Waals surface area contributed by atoms with Crippen molar-refractivity contribution < 1.29 is 42.4 Å². The highest BCUT2D eigenvalue weighted by Crippen LogP contribution is 2.42. The number of carbonyl (C=O) groups is 2. The molecule has 0 fully saturated rings. The highest BCUT2D eigenvalue weighted by Gasteiger charge is 2.64. The van der Waals surface area contributed by atoms with Crippen LogP contribution in [-0.2, 0) is 24.7 Å². The minimum Gasteiger partial charge on any atom is -0.455 e. The van der Waals surface area contributed by atoms with Crippen molar-refractivity contribution >= 4 is 11.8 Å². The number of ether oxygens (including phenoxy) is 2. The molecule has 0 radical (unpaired) electrons. The molecule has 0 amide bonds. The fraction of sp³-hybridized carbons (Fsp3) is 0.429. The molecule has 0 aromatic heterocycles. The largest absolute Gasteiger partial charge is 0.455 e. The van der Waals surface area contributed by atoms with Crippen molar-refractivity contribution in [1.82, 2.24) is 0 Å². The molecule has 1 aromatic rings. The van der Waals surface area contributed by atoms with Crippen LogP contribution in [-0.4, -0.2) is 54.6 Å². The molecule has 1 aromatic carbocycles. The number of Topliss-reactive ketones (excluding diaryl/α,β-unsaturated/α-hetero) is 1. The number of aliphatic hydroxyl groups excluding tert-OH is 2. The van der Waals surface area contributed by atoms with Gasteiger partial charge in [0, 0.05) is 12.7 Å². The van der Waals surface area contributed by atoms with Gasteiger partial charge in [-0.15, -0.1) is 0 Å². The summed E-state index contributed by atoms with van der Waals surface area (Å²) in [5, 5.41) is 17.6. The Bertz CT molecular complexity index is 545. The molecule has 0 unspecified atom stereocenters. The molecule has 1 rings (SSSR count). The second kappa shape index (κ2) is 7.53. The highest BCUT2D eigenvalue weighted by molar-refractivity contribution is 5.88. The van der Waals surface area contributed by atoms with Crippen LogP contribution < -0.4 is 0 Å². The summed E-state index contributed by atoms with van der Waals surface area (Å²) in [5.74, 6) is -2.99. The van der Waals surface area contributed by atoms with Crippen molar-refractivity contribution in [3.05, 3.63) is 35.9 Å². The maximum Gasteiger partial charge on any atom is 0.432 e. The van der Waals surface area contributed by atoms with Crippen LogP contribution >= 0.6 is 0 Å². The quantitative estimate of drug-likeness (QED) is 0.707. The van der Waals surface area contributed by atoms with Crippen molar-refractivity contribution in [2.75, 3.05) is 20.3 Å². The van der Waals surface area contributed by atoms with E-state index in [1.54, 1.807) is 0 Å². The van der Waals surface area contributed by atoms with Gasteiger partial charge in [0.25, 0.3) is 5.60 Å². The second-order valence-corrected chi connectivity index (χ2v) is 4.49. The van der Waals surface area contributed by atoms with Crippen molar-refractivity contribution in [2.45, 2.75) is 17.9 Å². The van der Waals surface area contributed by atoms with Crippen molar-refractivity contribution in [2.24, 2.45) is 0 Å². The molecule has 0 aliphatic carbocycles. The van der Waals surface area contributed by atoms with E-state index in [0.29, 0.717) is 7.11 Å². The Hall–Kier alpha value is -1.97. The first-order valence-electron chi connectivity index (χ1n) is 6.37.